The molecule has 1 amide bonds. The van der Waals surface area contributed by atoms with Crippen LogP contribution in [0, 0.1) is 0 Å². The Morgan fingerprint density at radius 1 is 1.08 bits per heavy atom. The van der Waals surface area contributed by atoms with E-state index in [1.54, 1.807) is 11.3 Å². The third-order valence-electron chi connectivity index (χ3n) is 7.20. The lowest BCUT2D eigenvalue weighted by atomic mass is 9.88. The van der Waals surface area contributed by atoms with Gasteiger partial charge in [0.15, 0.2) is 5.11 Å². The summed E-state index contributed by atoms with van der Waals surface area (Å²) >= 11 is 7.28. The number of piperidine rings is 1. The fourth-order valence-corrected chi connectivity index (χ4v) is 6.36. The third-order valence-corrected chi connectivity index (χ3v) is 8.56. The van der Waals surface area contributed by atoms with E-state index in [0.717, 1.165) is 66.7 Å². The van der Waals surface area contributed by atoms with Crippen LogP contribution < -0.4 is 15.5 Å². The van der Waals surface area contributed by atoms with E-state index >= 15 is 0 Å². The molecule has 8 heteroatoms. The molecule has 1 atom stereocenters. The van der Waals surface area contributed by atoms with E-state index in [2.05, 4.69) is 69.0 Å². The summed E-state index contributed by atoms with van der Waals surface area (Å²) in [7, 11) is 4.07. The summed E-state index contributed by atoms with van der Waals surface area (Å²) in [6.45, 7) is 1.76. The van der Waals surface area contributed by atoms with Crippen LogP contribution in [0.15, 0.2) is 53.9 Å². The van der Waals surface area contributed by atoms with Gasteiger partial charge >= 0.3 is 0 Å². The molecule has 1 saturated heterocycles. The smallest absolute Gasteiger partial charge is 0.271 e. The standard InChI is InChI=1S/C28H33N5OS2/c1-32(2)22-12-10-21(11-13-22)29-28(35)33-16-14-20(15-17-33)27-31-25(18-36-27)26(34)30-24-9-5-7-19-6-3-4-8-23(19)24/h3-4,6,8,10-13,18,20,24H,5,7,9,14-17H2,1-2H3,(H,29,35)(H,30,34). The van der Waals surface area contributed by atoms with E-state index in [9.17, 15) is 4.79 Å². The van der Waals surface area contributed by atoms with Gasteiger partial charge in [0.25, 0.3) is 5.91 Å². The molecule has 2 heterocycles. The molecule has 1 fully saturated rings. The first-order valence-electron chi connectivity index (χ1n) is 12.7. The van der Waals surface area contributed by atoms with Crippen molar-refractivity contribution >= 4 is 45.9 Å². The minimum Gasteiger partial charge on any atom is -0.378 e. The summed E-state index contributed by atoms with van der Waals surface area (Å²) in [5.74, 6) is 0.299. The number of benzene rings is 2. The molecule has 5 rings (SSSR count). The van der Waals surface area contributed by atoms with E-state index in [-0.39, 0.29) is 11.9 Å². The fourth-order valence-electron chi connectivity index (χ4n) is 5.09. The highest BCUT2D eigenvalue weighted by Gasteiger charge is 2.27. The van der Waals surface area contributed by atoms with Gasteiger partial charge in [0.1, 0.15) is 5.69 Å². The summed E-state index contributed by atoms with van der Waals surface area (Å²) in [6, 6.07) is 16.8. The summed E-state index contributed by atoms with van der Waals surface area (Å²) in [4.78, 5) is 22.0. The van der Waals surface area contributed by atoms with E-state index in [1.165, 1.54) is 11.1 Å². The van der Waals surface area contributed by atoms with Crippen LogP contribution in [0.5, 0.6) is 0 Å². The Morgan fingerprint density at radius 3 is 2.58 bits per heavy atom. The van der Waals surface area contributed by atoms with Gasteiger partial charge in [0.05, 0.1) is 11.0 Å². The Morgan fingerprint density at radius 2 is 1.83 bits per heavy atom. The first kappa shape index (κ1) is 24.7. The average molecular weight is 520 g/mol. The monoisotopic (exact) mass is 519 g/mol. The fraction of sp³-hybridized carbons (Fsp3) is 0.393. The van der Waals surface area contributed by atoms with E-state index < -0.39 is 0 Å². The van der Waals surface area contributed by atoms with Crippen LogP contribution >= 0.6 is 23.6 Å². The second kappa shape index (κ2) is 11.0. The van der Waals surface area contributed by atoms with E-state index in [4.69, 9.17) is 17.2 Å². The minimum absolute atomic E-state index is 0.0673. The Hall–Kier alpha value is -2.97. The lowest BCUT2D eigenvalue weighted by Crippen LogP contribution is -2.40. The van der Waals surface area contributed by atoms with E-state index in [1.807, 2.05) is 19.5 Å². The largest absolute Gasteiger partial charge is 0.378 e. The molecule has 1 unspecified atom stereocenters. The predicted octanol–water partition coefficient (Wildman–Crippen LogP) is 5.59. The van der Waals surface area contributed by atoms with Crippen molar-refractivity contribution in [2.75, 3.05) is 37.4 Å². The van der Waals surface area contributed by atoms with Crippen LogP contribution in [-0.2, 0) is 6.42 Å². The number of aromatic nitrogens is 1. The lowest BCUT2D eigenvalue weighted by molar-refractivity contribution is 0.0928. The quantitative estimate of drug-likeness (QED) is 0.429. The first-order chi connectivity index (χ1) is 17.5. The number of amides is 1. The SMILES string of the molecule is CN(C)c1ccc(NC(=S)N2CCC(c3nc(C(=O)NC4CCCc5ccccc54)cs3)CC2)cc1. The van der Waals surface area contributed by atoms with Gasteiger partial charge < -0.3 is 20.4 Å². The van der Waals surface area contributed by atoms with Crippen LogP contribution in [0.3, 0.4) is 0 Å². The molecule has 0 bridgehead atoms. The maximum absolute atomic E-state index is 13.0. The summed E-state index contributed by atoms with van der Waals surface area (Å²) in [6.07, 6.45) is 5.12. The number of anilines is 2. The number of hydrogen-bond acceptors (Lipinski definition) is 5. The number of nitrogens with zero attached hydrogens (tertiary/aromatic N) is 3. The molecule has 188 valence electrons. The Bertz CT molecular complexity index is 1210. The summed E-state index contributed by atoms with van der Waals surface area (Å²) in [5.41, 5.74) is 5.30. The van der Waals surface area contributed by atoms with Crippen LogP contribution in [0.1, 0.15) is 64.3 Å². The average Bonchev–Trinajstić information content (AvgIpc) is 3.40. The molecule has 1 aliphatic carbocycles. The summed E-state index contributed by atoms with van der Waals surface area (Å²) < 4.78 is 0. The van der Waals surface area contributed by atoms with Crippen LogP contribution in [0.25, 0.3) is 0 Å². The van der Waals surface area contributed by atoms with Crippen LogP contribution in [0.4, 0.5) is 11.4 Å². The van der Waals surface area contributed by atoms with Crippen molar-refractivity contribution in [1.82, 2.24) is 15.2 Å². The lowest BCUT2D eigenvalue weighted by Gasteiger charge is -2.33. The van der Waals surface area contributed by atoms with Crippen LogP contribution in [0.2, 0.25) is 0 Å². The highest BCUT2D eigenvalue weighted by molar-refractivity contribution is 7.80. The zero-order valence-electron chi connectivity index (χ0n) is 20.9. The molecule has 2 aromatic carbocycles. The zero-order chi connectivity index (χ0) is 25.1. The molecular formula is C28H33N5OS2. The molecule has 2 N–H and O–H groups in total. The van der Waals surface area contributed by atoms with Crippen molar-refractivity contribution in [3.8, 4) is 0 Å². The van der Waals surface area contributed by atoms with Gasteiger partial charge in [-0.15, -0.1) is 11.3 Å². The van der Waals surface area contributed by atoms with Gasteiger partial charge in [0, 0.05) is 49.9 Å². The van der Waals surface area contributed by atoms with Gasteiger partial charge in [-0.25, -0.2) is 4.98 Å². The zero-order valence-corrected chi connectivity index (χ0v) is 22.5. The number of carbonyl (C=O) groups is 1. The molecule has 36 heavy (non-hydrogen) atoms. The van der Waals surface area contributed by atoms with Crippen molar-refractivity contribution in [3.05, 3.63) is 75.7 Å². The minimum atomic E-state index is -0.0673. The second-order valence-corrected chi connectivity index (χ2v) is 11.1. The number of hydrogen-bond donors (Lipinski definition) is 2. The van der Waals surface area contributed by atoms with Crippen LogP contribution in [-0.4, -0.2) is 48.1 Å². The Balaban J connectivity index is 1.14. The van der Waals surface area contributed by atoms with Crippen molar-refractivity contribution in [3.63, 3.8) is 0 Å². The number of thiazole rings is 1. The third kappa shape index (κ3) is 5.55. The molecule has 0 saturated carbocycles. The number of rotatable bonds is 5. The molecule has 0 spiro atoms. The molecule has 6 nitrogen and oxygen atoms in total. The molecule has 1 aliphatic heterocycles. The number of fused-ring (bicyclic) bond motifs is 1. The van der Waals surface area contributed by atoms with Crippen molar-refractivity contribution < 1.29 is 4.79 Å². The first-order valence-corrected chi connectivity index (χ1v) is 13.9. The molecule has 3 aromatic rings. The number of nitrogens with one attached hydrogen (secondary N) is 2. The Kier molecular flexibility index (Phi) is 7.53. The highest BCUT2D eigenvalue weighted by atomic mass is 32.1. The predicted molar refractivity (Wildman–Crippen MR) is 152 cm³/mol. The topological polar surface area (TPSA) is 60.5 Å². The Labute approximate surface area is 222 Å². The maximum atomic E-state index is 13.0. The van der Waals surface area contributed by atoms with Gasteiger partial charge in [-0.2, -0.15) is 0 Å². The maximum Gasteiger partial charge on any atom is 0.271 e. The van der Waals surface area contributed by atoms with Crippen molar-refractivity contribution in [2.45, 2.75) is 44.1 Å². The van der Waals surface area contributed by atoms with Gasteiger partial charge in [0.2, 0.25) is 0 Å². The second-order valence-electron chi connectivity index (χ2n) is 9.82. The van der Waals surface area contributed by atoms with Crippen molar-refractivity contribution in [1.29, 1.82) is 0 Å². The van der Waals surface area contributed by atoms with Gasteiger partial charge in [-0.1, -0.05) is 24.3 Å². The van der Waals surface area contributed by atoms with E-state index in [0.29, 0.717) is 11.6 Å². The van der Waals surface area contributed by atoms with Crippen molar-refractivity contribution in [2.24, 2.45) is 0 Å². The van der Waals surface area contributed by atoms with Gasteiger partial charge in [-0.3, -0.25) is 4.79 Å². The summed E-state index contributed by atoms with van der Waals surface area (Å²) in [5, 5.41) is 10.3. The number of carbonyl (C=O) groups excluding carboxylic acids is 1. The van der Waals surface area contributed by atoms with Gasteiger partial charge in [-0.05, 0) is 79.7 Å². The molecule has 2 aliphatic rings. The number of thiocarbonyl (C=S) groups is 1. The number of aryl methyl sites for hydroxylation is 1. The molecule has 1 aromatic heterocycles. The molecular weight excluding hydrogens is 486 g/mol. The number of likely N-dealkylation sites (tertiary alicyclic amines) is 1. The normalized spacial score (nSPS) is 17.8. The highest BCUT2D eigenvalue weighted by Crippen LogP contribution is 2.32. The molecule has 0 radical (unpaired) electrons.